The predicted octanol–water partition coefficient (Wildman–Crippen LogP) is 11.5. The summed E-state index contributed by atoms with van der Waals surface area (Å²) in [7, 11) is -4.78. The molecule has 0 saturated carbocycles. The second kappa shape index (κ2) is 38.0. The standard InChI is InChI=1S/C43H75O9P/c1-3-5-7-9-11-12-13-14-15-16-17-18-19-20-21-22-24-28-33-37-43(46)52-41(39-51-53(47,48)49)38-50-42(45)36-32-29-25-27-31-35-40(44)34-30-26-23-10-8-6-4-2/h6,8,11-12,14-15,23,26,30,34,40-41,44H,3-5,7,9-10,13,16-22,24-25,27-29,31-33,35-39H2,1-2H3,(H2,47,48,49)/b8-6+,12-11-,15-14-,26-23+,34-30+/t40?,41-/m1/s1. The van der Waals surface area contributed by atoms with Crippen molar-refractivity contribution in [3.63, 3.8) is 0 Å². The smallest absolute Gasteiger partial charge is 0.462 e. The van der Waals surface area contributed by atoms with Crippen molar-refractivity contribution in [2.45, 2.75) is 187 Å². The van der Waals surface area contributed by atoms with E-state index >= 15 is 0 Å². The van der Waals surface area contributed by atoms with Crippen molar-refractivity contribution >= 4 is 19.8 Å². The molecule has 0 heterocycles. The van der Waals surface area contributed by atoms with E-state index in [-0.39, 0.29) is 19.4 Å². The minimum Gasteiger partial charge on any atom is -0.462 e. The number of phosphoric ester groups is 1. The van der Waals surface area contributed by atoms with Crippen molar-refractivity contribution in [2.75, 3.05) is 13.2 Å². The minimum absolute atomic E-state index is 0.184. The van der Waals surface area contributed by atoms with E-state index < -0.39 is 38.6 Å². The second-order valence-electron chi connectivity index (χ2n) is 13.8. The molecule has 0 rings (SSSR count). The van der Waals surface area contributed by atoms with Crippen molar-refractivity contribution in [3.8, 4) is 0 Å². The highest BCUT2D eigenvalue weighted by molar-refractivity contribution is 7.46. The normalized spacial score (nSPS) is 13.7. The lowest BCUT2D eigenvalue weighted by atomic mass is 10.1. The van der Waals surface area contributed by atoms with Crippen LogP contribution in [0.3, 0.4) is 0 Å². The fourth-order valence-corrected chi connectivity index (χ4v) is 5.89. The maximum absolute atomic E-state index is 12.4. The summed E-state index contributed by atoms with van der Waals surface area (Å²) in [6.45, 7) is 3.44. The molecule has 0 aromatic heterocycles. The Morgan fingerprint density at radius 1 is 0.604 bits per heavy atom. The monoisotopic (exact) mass is 767 g/mol. The molecule has 0 aliphatic carbocycles. The third-order valence-electron chi connectivity index (χ3n) is 8.62. The Morgan fingerprint density at radius 2 is 1.13 bits per heavy atom. The quantitative estimate of drug-likeness (QED) is 0.0185. The summed E-state index contributed by atoms with van der Waals surface area (Å²) >= 11 is 0. The molecule has 10 heteroatoms. The predicted molar refractivity (Wildman–Crippen MR) is 217 cm³/mol. The molecule has 0 amide bonds. The molecule has 0 aromatic rings. The molecule has 9 nitrogen and oxygen atoms in total. The average molecular weight is 767 g/mol. The van der Waals surface area contributed by atoms with Crippen LogP contribution in [0.1, 0.15) is 174 Å². The molecule has 3 N–H and O–H groups in total. The van der Waals surface area contributed by atoms with Gasteiger partial charge in [0.15, 0.2) is 6.10 Å². The van der Waals surface area contributed by atoms with E-state index in [1.807, 2.05) is 18.2 Å². The van der Waals surface area contributed by atoms with Crippen LogP contribution in [0.15, 0.2) is 60.8 Å². The summed E-state index contributed by atoms with van der Waals surface area (Å²) in [5.41, 5.74) is 0. The maximum Gasteiger partial charge on any atom is 0.469 e. The van der Waals surface area contributed by atoms with Crippen LogP contribution in [-0.2, 0) is 28.2 Å². The number of hydrogen-bond donors (Lipinski definition) is 3. The summed E-state index contributed by atoms with van der Waals surface area (Å²) in [4.78, 5) is 42.8. The van der Waals surface area contributed by atoms with Crippen molar-refractivity contribution in [3.05, 3.63) is 60.8 Å². The number of unbranched alkanes of at least 4 members (excludes halogenated alkanes) is 16. The Morgan fingerprint density at radius 3 is 1.74 bits per heavy atom. The highest BCUT2D eigenvalue weighted by atomic mass is 31.2. The molecule has 0 fully saturated rings. The summed E-state index contributed by atoms with van der Waals surface area (Å²) in [6, 6.07) is 0. The molecule has 2 atom stereocenters. The highest BCUT2D eigenvalue weighted by Gasteiger charge is 2.22. The lowest BCUT2D eigenvalue weighted by Crippen LogP contribution is -2.29. The zero-order chi connectivity index (χ0) is 39.1. The number of esters is 2. The van der Waals surface area contributed by atoms with E-state index in [0.29, 0.717) is 19.3 Å². The number of ether oxygens (including phenoxy) is 2. The van der Waals surface area contributed by atoms with E-state index in [0.717, 1.165) is 70.6 Å². The number of carbonyl (C=O) groups excluding carboxylic acids is 2. The van der Waals surface area contributed by atoms with Crippen LogP contribution in [0, 0.1) is 0 Å². The lowest BCUT2D eigenvalue weighted by molar-refractivity contribution is -0.161. The van der Waals surface area contributed by atoms with Gasteiger partial charge in [-0.3, -0.25) is 14.1 Å². The largest absolute Gasteiger partial charge is 0.469 e. The van der Waals surface area contributed by atoms with Gasteiger partial charge in [-0.15, -0.1) is 0 Å². The summed E-state index contributed by atoms with van der Waals surface area (Å²) in [6.07, 6.45) is 43.9. The van der Waals surface area contributed by atoms with Gasteiger partial charge in [-0.1, -0.05) is 158 Å². The van der Waals surface area contributed by atoms with Gasteiger partial charge in [-0.25, -0.2) is 4.57 Å². The van der Waals surface area contributed by atoms with E-state index in [2.05, 4.69) is 54.8 Å². The average Bonchev–Trinajstić information content (AvgIpc) is 3.12. The van der Waals surface area contributed by atoms with Gasteiger partial charge in [0.1, 0.15) is 6.61 Å². The third kappa shape index (κ3) is 40.7. The van der Waals surface area contributed by atoms with Crippen LogP contribution in [-0.4, -0.2) is 52.3 Å². The first kappa shape index (κ1) is 50.7. The molecule has 0 aliphatic heterocycles. The molecule has 0 spiro atoms. The fraction of sp³-hybridized carbons (Fsp3) is 0.721. The first-order valence-corrected chi connectivity index (χ1v) is 22.2. The summed E-state index contributed by atoms with van der Waals surface area (Å²) in [5.74, 6) is -0.969. The van der Waals surface area contributed by atoms with Crippen molar-refractivity contribution in [1.29, 1.82) is 0 Å². The molecule has 0 aromatic carbocycles. The van der Waals surface area contributed by atoms with Gasteiger partial charge in [-0.2, -0.15) is 0 Å². The molecule has 0 bridgehead atoms. The highest BCUT2D eigenvalue weighted by Crippen LogP contribution is 2.36. The number of aliphatic hydroxyl groups excluding tert-OH is 1. The lowest BCUT2D eigenvalue weighted by Gasteiger charge is -2.18. The van der Waals surface area contributed by atoms with E-state index in [4.69, 9.17) is 19.3 Å². The summed E-state index contributed by atoms with van der Waals surface area (Å²) in [5, 5.41) is 10.1. The molecule has 0 aliphatic rings. The first-order chi connectivity index (χ1) is 25.7. The second-order valence-corrected chi connectivity index (χ2v) is 15.0. The number of allylic oxidation sites excluding steroid dienone is 9. The number of hydrogen-bond acceptors (Lipinski definition) is 7. The molecule has 0 saturated heterocycles. The molecular formula is C43H75O9P. The minimum atomic E-state index is -4.78. The Balaban J connectivity index is 4.01. The number of aliphatic hydroxyl groups is 1. The van der Waals surface area contributed by atoms with Gasteiger partial charge in [0.25, 0.3) is 0 Å². The third-order valence-corrected chi connectivity index (χ3v) is 9.11. The van der Waals surface area contributed by atoms with Crippen LogP contribution < -0.4 is 0 Å². The van der Waals surface area contributed by atoms with Gasteiger partial charge in [-0.05, 0) is 64.2 Å². The number of rotatable bonds is 37. The van der Waals surface area contributed by atoms with Crippen LogP contribution >= 0.6 is 7.82 Å². The zero-order valence-corrected chi connectivity index (χ0v) is 34.2. The molecular weight excluding hydrogens is 691 g/mol. The molecule has 306 valence electrons. The van der Waals surface area contributed by atoms with Gasteiger partial charge in [0, 0.05) is 12.8 Å². The van der Waals surface area contributed by atoms with E-state index in [1.54, 1.807) is 6.08 Å². The Bertz CT molecular complexity index is 1060. The first-order valence-electron chi connectivity index (χ1n) is 20.7. The maximum atomic E-state index is 12.4. The van der Waals surface area contributed by atoms with Gasteiger partial charge >= 0.3 is 19.8 Å². The van der Waals surface area contributed by atoms with Gasteiger partial charge in [0.05, 0.1) is 12.7 Å². The van der Waals surface area contributed by atoms with Gasteiger partial charge < -0.3 is 24.4 Å². The Hall–Kier alpha value is -2.29. The molecule has 53 heavy (non-hydrogen) atoms. The van der Waals surface area contributed by atoms with Crippen LogP contribution in [0.5, 0.6) is 0 Å². The van der Waals surface area contributed by atoms with Crippen LogP contribution in [0.2, 0.25) is 0 Å². The van der Waals surface area contributed by atoms with Crippen molar-refractivity contribution in [2.24, 2.45) is 0 Å². The van der Waals surface area contributed by atoms with E-state index in [1.165, 1.54) is 57.8 Å². The van der Waals surface area contributed by atoms with Crippen molar-refractivity contribution < 1.29 is 43.0 Å². The topological polar surface area (TPSA) is 140 Å². The summed E-state index contributed by atoms with van der Waals surface area (Å²) < 4.78 is 26.3. The van der Waals surface area contributed by atoms with Crippen molar-refractivity contribution in [1.82, 2.24) is 0 Å². The number of carbonyl (C=O) groups is 2. The van der Waals surface area contributed by atoms with E-state index in [9.17, 15) is 19.3 Å². The SMILES string of the molecule is CC/C=C/C/C=C/C=C/C(O)CCCCCCCC(=O)OC[C@H](COP(=O)(O)O)OC(=O)CCCCCCCCCCC/C=C\C/C=C\CCCCC. The molecule has 0 radical (unpaired) electrons. The Kier molecular flexibility index (Phi) is 36.4. The fourth-order valence-electron chi connectivity index (χ4n) is 5.53. The number of phosphoric acid groups is 1. The van der Waals surface area contributed by atoms with Crippen LogP contribution in [0.25, 0.3) is 0 Å². The Labute approximate surface area is 322 Å². The van der Waals surface area contributed by atoms with Gasteiger partial charge in [0.2, 0.25) is 0 Å². The zero-order valence-electron chi connectivity index (χ0n) is 33.3. The molecule has 1 unspecified atom stereocenters. The van der Waals surface area contributed by atoms with Crippen LogP contribution in [0.4, 0.5) is 0 Å².